The maximum absolute atomic E-state index is 13.0. The van der Waals surface area contributed by atoms with Crippen molar-refractivity contribution in [3.05, 3.63) is 16.0 Å². The molecule has 1 atom stereocenters. The second kappa shape index (κ2) is 7.46. The Bertz CT molecular complexity index is 658. The molecule has 1 aromatic heterocycles. The molecule has 3 aliphatic rings. The van der Waals surface area contributed by atoms with Crippen LogP contribution in [-0.4, -0.2) is 30.6 Å². The van der Waals surface area contributed by atoms with Gasteiger partial charge in [-0.3, -0.25) is 9.59 Å². The first kappa shape index (κ1) is 17.0. The zero-order valence-electron chi connectivity index (χ0n) is 14.6. The van der Waals surface area contributed by atoms with Crippen LogP contribution in [0.4, 0.5) is 5.00 Å². The molecule has 0 spiro atoms. The summed E-state index contributed by atoms with van der Waals surface area (Å²) in [5.74, 6) is -0.113. The molecular weight excluding hydrogens is 336 g/mol. The Balaban J connectivity index is 1.52. The maximum atomic E-state index is 13.0. The number of carbonyl (C=O) groups excluding carboxylic acids is 2. The molecule has 1 saturated heterocycles. The summed E-state index contributed by atoms with van der Waals surface area (Å²) in [7, 11) is 0. The predicted octanol–water partition coefficient (Wildman–Crippen LogP) is 3.42. The van der Waals surface area contributed by atoms with Crippen molar-refractivity contribution in [2.75, 3.05) is 11.9 Å². The summed E-state index contributed by atoms with van der Waals surface area (Å²) in [5, 5.41) is 6.93. The molecule has 1 aromatic rings. The van der Waals surface area contributed by atoms with Gasteiger partial charge in [0.15, 0.2) is 0 Å². The molecule has 25 heavy (non-hydrogen) atoms. The predicted molar refractivity (Wildman–Crippen MR) is 98.3 cm³/mol. The average molecular weight is 362 g/mol. The quantitative estimate of drug-likeness (QED) is 0.862. The highest BCUT2D eigenvalue weighted by Crippen LogP contribution is 2.39. The number of thiophene rings is 1. The second-order valence-corrected chi connectivity index (χ2v) is 8.47. The van der Waals surface area contributed by atoms with E-state index in [1.165, 1.54) is 24.1 Å². The van der Waals surface area contributed by atoms with Gasteiger partial charge in [-0.2, -0.15) is 0 Å². The van der Waals surface area contributed by atoms with Crippen molar-refractivity contribution in [1.82, 2.24) is 5.32 Å². The first-order valence-corrected chi connectivity index (χ1v) is 10.4. The van der Waals surface area contributed by atoms with E-state index in [0.29, 0.717) is 6.61 Å². The number of hydrogen-bond acceptors (Lipinski definition) is 4. The van der Waals surface area contributed by atoms with E-state index >= 15 is 0 Å². The highest BCUT2D eigenvalue weighted by atomic mass is 32.1. The number of fused-ring (bicyclic) bond motifs is 1. The van der Waals surface area contributed by atoms with Gasteiger partial charge in [0.05, 0.1) is 5.56 Å². The number of hydrogen-bond donors (Lipinski definition) is 2. The summed E-state index contributed by atoms with van der Waals surface area (Å²) < 4.78 is 5.48. The van der Waals surface area contributed by atoms with E-state index in [1.807, 2.05) is 0 Å². The number of aryl methyl sites for hydroxylation is 1. The Morgan fingerprint density at radius 2 is 1.84 bits per heavy atom. The normalized spacial score (nSPS) is 23.4. The van der Waals surface area contributed by atoms with E-state index in [2.05, 4.69) is 10.6 Å². The van der Waals surface area contributed by atoms with Gasteiger partial charge in [0.25, 0.3) is 11.8 Å². The van der Waals surface area contributed by atoms with Crippen molar-refractivity contribution in [3.63, 3.8) is 0 Å². The molecule has 2 amide bonds. The molecule has 2 aliphatic carbocycles. The molecule has 2 fully saturated rings. The molecule has 2 heterocycles. The third kappa shape index (κ3) is 3.60. The van der Waals surface area contributed by atoms with Crippen LogP contribution in [0.1, 0.15) is 72.2 Å². The molecule has 4 rings (SSSR count). The van der Waals surface area contributed by atoms with Crippen LogP contribution >= 0.6 is 11.3 Å². The third-order valence-electron chi connectivity index (χ3n) is 5.55. The van der Waals surface area contributed by atoms with Crippen LogP contribution in [0.5, 0.6) is 0 Å². The first-order chi connectivity index (χ1) is 12.2. The molecule has 5 nitrogen and oxygen atoms in total. The van der Waals surface area contributed by atoms with E-state index in [9.17, 15) is 9.59 Å². The second-order valence-electron chi connectivity index (χ2n) is 7.36. The van der Waals surface area contributed by atoms with Crippen molar-refractivity contribution in [3.8, 4) is 0 Å². The van der Waals surface area contributed by atoms with Crippen LogP contribution in [0, 0.1) is 0 Å². The van der Waals surface area contributed by atoms with Gasteiger partial charge in [-0.25, -0.2) is 0 Å². The van der Waals surface area contributed by atoms with Gasteiger partial charge >= 0.3 is 0 Å². The summed E-state index contributed by atoms with van der Waals surface area (Å²) >= 11 is 1.58. The summed E-state index contributed by atoms with van der Waals surface area (Å²) in [4.78, 5) is 26.7. The Kier molecular flexibility index (Phi) is 5.08. The highest BCUT2D eigenvalue weighted by Gasteiger charge is 2.31. The lowest BCUT2D eigenvalue weighted by Crippen LogP contribution is -2.37. The number of amides is 2. The Labute approximate surface area is 152 Å². The molecule has 1 saturated carbocycles. The number of nitrogens with one attached hydrogen (secondary N) is 2. The summed E-state index contributed by atoms with van der Waals surface area (Å²) in [6, 6.07) is 0.278. The Hall–Kier alpha value is -1.40. The van der Waals surface area contributed by atoms with E-state index in [0.717, 1.165) is 61.1 Å². The van der Waals surface area contributed by atoms with Crippen LogP contribution < -0.4 is 10.6 Å². The molecular formula is C19H26N2O3S. The van der Waals surface area contributed by atoms with Gasteiger partial charge in [0, 0.05) is 17.5 Å². The SMILES string of the molecule is O=C(NC1CCCCC1)c1c(NC(=O)[C@H]2CCCO2)sc2c1CCC2. The molecule has 136 valence electrons. The zero-order chi connectivity index (χ0) is 17.2. The smallest absolute Gasteiger partial charge is 0.254 e. The molecule has 2 N–H and O–H groups in total. The molecule has 0 aromatic carbocycles. The molecule has 0 bridgehead atoms. The van der Waals surface area contributed by atoms with Gasteiger partial charge in [0.2, 0.25) is 0 Å². The number of ether oxygens (including phenoxy) is 1. The number of rotatable bonds is 4. The Morgan fingerprint density at radius 3 is 2.60 bits per heavy atom. The van der Waals surface area contributed by atoms with Crippen LogP contribution in [0.25, 0.3) is 0 Å². The van der Waals surface area contributed by atoms with Crippen molar-refractivity contribution < 1.29 is 14.3 Å². The van der Waals surface area contributed by atoms with E-state index in [1.54, 1.807) is 11.3 Å². The fraction of sp³-hybridized carbons (Fsp3) is 0.684. The minimum Gasteiger partial charge on any atom is -0.368 e. The number of anilines is 1. The van der Waals surface area contributed by atoms with Crippen LogP contribution in [0.15, 0.2) is 0 Å². The monoisotopic (exact) mass is 362 g/mol. The number of carbonyl (C=O) groups is 2. The summed E-state index contributed by atoms with van der Waals surface area (Å²) in [6.07, 6.45) is 10.2. The minimum atomic E-state index is -0.369. The maximum Gasteiger partial charge on any atom is 0.254 e. The van der Waals surface area contributed by atoms with Crippen molar-refractivity contribution in [1.29, 1.82) is 0 Å². The van der Waals surface area contributed by atoms with Gasteiger partial charge < -0.3 is 15.4 Å². The largest absolute Gasteiger partial charge is 0.368 e. The fourth-order valence-corrected chi connectivity index (χ4v) is 5.50. The molecule has 0 radical (unpaired) electrons. The lowest BCUT2D eigenvalue weighted by molar-refractivity contribution is -0.124. The fourth-order valence-electron chi connectivity index (χ4n) is 4.21. The molecule has 6 heteroatoms. The molecule has 0 unspecified atom stereocenters. The zero-order valence-corrected chi connectivity index (χ0v) is 15.4. The Morgan fingerprint density at radius 1 is 1.00 bits per heavy atom. The van der Waals surface area contributed by atoms with E-state index in [-0.39, 0.29) is 24.0 Å². The lowest BCUT2D eigenvalue weighted by atomic mass is 9.95. The van der Waals surface area contributed by atoms with E-state index in [4.69, 9.17) is 4.74 Å². The summed E-state index contributed by atoms with van der Waals surface area (Å²) in [5.41, 5.74) is 1.87. The van der Waals surface area contributed by atoms with Gasteiger partial charge in [-0.15, -0.1) is 11.3 Å². The lowest BCUT2D eigenvalue weighted by Gasteiger charge is -2.23. The third-order valence-corrected chi connectivity index (χ3v) is 6.75. The average Bonchev–Trinajstić information content (AvgIpc) is 3.32. The van der Waals surface area contributed by atoms with Gasteiger partial charge in [-0.1, -0.05) is 19.3 Å². The highest BCUT2D eigenvalue weighted by molar-refractivity contribution is 7.17. The van der Waals surface area contributed by atoms with Crippen molar-refractivity contribution >= 4 is 28.2 Å². The van der Waals surface area contributed by atoms with Crippen LogP contribution in [0.2, 0.25) is 0 Å². The topological polar surface area (TPSA) is 67.4 Å². The van der Waals surface area contributed by atoms with Gasteiger partial charge in [-0.05, 0) is 50.5 Å². The van der Waals surface area contributed by atoms with Crippen molar-refractivity contribution in [2.45, 2.75) is 76.4 Å². The minimum absolute atomic E-state index is 0.00561. The van der Waals surface area contributed by atoms with E-state index < -0.39 is 0 Å². The standard InChI is InChI=1S/C19H26N2O3S/c22-17(14-9-5-11-24-14)21-19-16(13-8-4-10-15(13)25-19)18(23)20-12-6-2-1-3-7-12/h12,14H,1-11H2,(H,20,23)(H,21,22)/t14-/m1/s1. The van der Waals surface area contributed by atoms with Crippen LogP contribution in [0.3, 0.4) is 0 Å². The molecule has 1 aliphatic heterocycles. The van der Waals surface area contributed by atoms with Crippen LogP contribution in [-0.2, 0) is 22.4 Å². The summed E-state index contributed by atoms with van der Waals surface area (Å²) in [6.45, 7) is 0.647. The van der Waals surface area contributed by atoms with Gasteiger partial charge in [0.1, 0.15) is 11.1 Å². The first-order valence-electron chi connectivity index (χ1n) is 9.60. The van der Waals surface area contributed by atoms with Crippen molar-refractivity contribution in [2.24, 2.45) is 0 Å².